The summed E-state index contributed by atoms with van der Waals surface area (Å²) in [6.45, 7) is 3.18. The van der Waals surface area contributed by atoms with E-state index in [4.69, 9.17) is 28.6 Å². The summed E-state index contributed by atoms with van der Waals surface area (Å²) in [6, 6.07) is 15.6. The molecule has 0 atom stereocenters. The number of nitrogens with zero attached hydrogens (tertiary/aromatic N) is 2. The summed E-state index contributed by atoms with van der Waals surface area (Å²) in [5.74, 6) is 1.74. The fraction of sp³-hybridized carbons (Fsp3) is 0.263. The van der Waals surface area contributed by atoms with Crippen LogP contribution < -0.4 is 10.2 Å². The van der Waals surface area contributed by atoms with Crippen LogP contribution in [0.2, 0.25) is 5.02 Å². The number of para-hydroxylation sites is 1. The molecule has 2 N–H and O–H groups in total. The van der Waals surface area contributed by atoms with Gasteiger partial charge in [0.15, 0.2) is 5.82 Å². The van der Waals surface area contributed by atoms with E-state index >= 15 is 0 Å². The second kappa shape index (κ2) is 8.87. The minimum Gasteiger partial charge on any atom is -0.489 e. The highest BCUT2D eigenvalue weighted by atomic mass is 35.5. The van der Waals surface area contributed by atoms with Crippen LogP contribution in [0.5, 0.6) is 5.75 Å². The number of hydrogen-bond donors (Lipinski definition) is 2. The fourth-order valence-electron chi connectivity index (χ4n) is 2.58. The van der Waals surface area contributed by atoms with Gasteiger partial charge < -0.3 is 10.2 Å². The van der Waals surface area contributed by atoms with E-state index in [1.54, 1.807) is 0 Å². The molecule has 0 aliphatic carbocycles. The van der Waals surface area contributed by atoms with Gasteiger partial charge in [0.1, 0.15) is 12.4 Å². The summed E-state index contributed by atoms with van der Waals surface area (Å²) in [6.07, 6.45) is 1.86. The van der Waals surface area contributed by atoms with Crippen LogP contribution in [0.25, 0.3) is 0 Å². The largest absolute Gasteiger partial charge is 0.489 e. The van der Waals surface area contributed by atoms with Crippen molar-refractivity contribution in [3.63, 3.8) is 0 Å². The van der Waals surface area contributed by atoms with Crippen LogP contribution in [-0.2, 0) is 19.6 Å². The maximum atomic E-state index is 6.00. The second-order valence-corrected chi connectivity index (χ2v) is 6.71. The van der Waals surface area contributed by atoms with Gasteiger partial charge in [-0.3, -0.25) is 5.10 Å². The first kappa shape index (κ1) is 18.5. The lowest BCUT2D eigenvalue weighted by Crippen LogP contribution is -2.18. The molecule has 0 saturated heterocycles. The highest BCUT2D eigenvalue weighted by Crippen LogP contribution is 2.20. The zero-order valence-corrected chi connectivity index (χ0v) is 16.1. The van der Waals surface area contributed by atoms with Crippen molar-refractivity contribution in [3.05, 3.63) is 75.3 Å². The van der Waals surface area contributed by atoms with Crippen LogP contribution in [0, 0.1) is 4.77 Å². The van der Waals surface area contributed by atoms with E-state index < -0.39 is 0 Å². The predicted molar refractivity (Wildman–Crippen MR) is 107 cm³/mol. The number of benzene rings is 2. The number of aromatic amines is 1. The minimum atomic E-state index is 0.487. The van der Waals surface area contributed by atoms with Crippen LogP contribution >= 0.6 is 23.8 Å². The van der Waals surface area contributed by atoms with E-state index in [0.717, 1.165) is 40.6 Å². The van der Waals surface area contributed by atoms with Gasteiger partial charge in [0.05, 0.1) is 6.54 Å². The van der Waals surface area contributed by atoms with E-state index in [2.05, 4.69) is 22.5 Å². The number of rotatable bonds is 8. The van der Waals surface area contributed by atoms with Crippen molar-refractivity contribution >= 4 is 23.8 Å². The summed E-state index contributed by atoms with van der Waals surface area (Å²) in [5, 5.41) is 7.82. The van der Waals surface area contributed by atoms with Crippen molar-refractivity contribution in [1.29, 1.82) is 0 Å². The SMILES string of the molecule is CCCc1n[nH]c(=S)n1NCc1ccccc1OCc1ccc(Cl)cc1. The molecule has 0 bridgehead atoms. The standard InChI is InChI=1S/C19H21ClN4OS/c1-2-5-18-22-23-19(26)24(18)21-12-15-6-3-4-7-17(15)25-13-14-8-10-16(20)11-9-14/h3-4,6-11,21H,2,5,12-13H2,1H3,(H,23,26). The lowest BCUT2D eigenvalue weighted by Gasteiger charge is -2.14. The van der Waals surface area contributed by atoms with E-state index in [-0.39, 0.29) is 0 Å². The molecule has 0 aliphatic rings. The van der Waals surface area contributed by atoms with Crippen molar-refractivity contribution in [3.8, 4) is 5.75 Å². The maximum absolute atomic E-state index is 6.00. The average Bonchev–Trinajstić information content (AvgIpc) is 3.00. The first-order chi connectivity index (χ1) is 12.7. The van der Waals surface area contributed by atoms with Crippen LogP contribution in [0.3, 0.4) is 0 Å². The van der Waals surface area contributed by atoms with Crippen molar-refractivity contribution in [2.24, 2.45) is 0 Å². The Morgan fingerprint density at radius 3 is 2.73 bits per heavy atom. The summed E-state index contributed by atoms with van der Waals surface area (Å²) >= 11 is 11.2. The number of aromatic nitrogens is 3. The summed E-state index contributed by atoms with van der Waals surface area (Å²) in [4.78, 5) is 0. The molecular weight excluding hydrogens is 368 g/mol. The molecule has 2 aromatic carbocycles. The molecule has 3 aromatic rings. The Labute approximate surface area is 162 Å². The highest BCUT2D eigenvalue weighted by molar-refractivity contribution is 7.71. The smallest absolute Gasteiger partial charge is 0.214 e. The predicted octanol–water partition coefficient (Wildman–Crippen LogP) is 4.87. The first-order valence-corrected chi connectivity index (χ1v) is 9.31. The van der Waals surface area contributed by atoms with E-state index in [0.29, 0.717) is 17.9 Å². The Balaban J connectivity index is 1.68. The molecule has 0 radical (unpaired) electrons. The number of halogens is 1. The van der Waals surface area contributed by atoms with Crippen LogP contribution in [0.1, 0.15) is 30.3 Å². The third-order valence-electron chi connectivity index (χ3n) is 3.92. The van der Waals surface area contributed by atoms with E-state index in [1.807, 2.05) is 53.2 Å². The molecule has 136 valence electrons. The molecule has 0 saturated carbocycles. The van der Waals surface area contributed by atoms with Crippen LogP contribution in [0.4, 0.5) is 0 Å². The van der Waals surface area contributed by atoms with Crippen LogP contribution in [0.15, 0.2) is 48.5 Å². The molecule has 0 spiro atoms. The van der Waals surface area contributed by atoms with E-state index in [9.17, 15) is 0 Å². The van der Waals surface area contributed by atoms with Gasteiger partial charge in [-0.05, 0) is 42.4 Å². The van der Waals surface area contributed by atoms with Gasteiger partial charge in [-0.1, -0.05) is 48.9 Å². The van der Waals surface area contributed by atoms with Gasteiger partial charge in [0.25, 0.3) is 0 Å². The molecule has 1 aromatic heterocycles. The summed E-state index contributed by atoms with van der Waals surface area (Å²) < 4.78 is 8.39. The van der Waals surface area contributed by atoms with Crippen molar-refractivity contribution in [2.75, 3.05) is 5.43 Å². The Hall–Kier alpha value is -2.31. The molecule has 5 nitrogen and oxygen atoms in total. The number of hydrogen-bond acceptors (Lipinski definition) is 4. The lowest BCUT2D eigenvalue weighted by atomic mass is 10.2. The quantitative estimate of drug-likeness (QED) is 0.540. The normalized spacial score (nSPS) is 10.7. The Morgan fingerprint density at radius 2 is 1.96 bits per heavy atom. The Morgan fingerprint density at radius 1 is 1.19 bits per heavy atom. The molecule has 0 amide bonds. The molecular formula is C19H21ClN4OS. The zero-order chi connectivity index (χ0) is 18.4. The maximum Gasteiger partial charge on any atom is 0.214 e. The van der Waals surface area contributed by atoms with Gasteiger partial charge >= 0.3 is 0 Å². The molecule has 0 fully saturated rings. The van der Waals surface area contributed by atoms with Crippen LogP contribution in [-0.4, -0.2) is 14.9 Å². The third kappa shape index (κ3) is 4.65. The second-order valence-electron chi connectivity index (χ2n) is 5.89. The Bertz CT molecular complexity index is 904. The zero-order valence-electron chi connectivity index (χ0n) is 14.5. The highest BCUT2D eigenvalue weighted by Gasteiger charge is 2.07. The topological polar surface area (TPSA) is 54.9 Å². The van der Waals surface area contributed by atoms with Crippen molar-refractivity contribution < 1.29 is 4.74 Å². The number of nitrogens with one attached hydrogen (secondary N) is 2. The van der Waals surface area contributed by atoms with Crippen molar-refractivity contribution in [1.82, 2.24) is 14.9 Å². The Kier molecular flexibility index (Phi) is 6.30. The summed E-state index contributed by atoms with van der Waals surface area (Å²) in [7, 11) is 0. The molecule has 3 rings (SSSR count). The average molecular weight is 389 g/mol. The van der Waals surface area contributed by atoms with Crippen molar-refractivity contribution in [2.45, 2.75) is 32.9 Å². The van der Waals surface area contributed by atoms with Gasteiger partial charge in [-0.2, -0.15) is 5.10 Å². The number of aryl methyl sites for hydroxylation is 1. The molecule has 0 unspecified atom stereocenters. The third-order valence-corrected chi connectivity index (χ3v) is 4.45. The van der Waals surface area contributed by atoms with Gasteiger partial charge in [0.2, 0.25) is 4.77 Å². The van der Waals surface area contributed by atoms with Gasteiger partial charge in [0, 0.05) is 17.0 Å². The molecule has 1 heterocycles. The summed E-state index contributed by atoms with van der Waals surface area (Å²) in [5.41, 5.74) is 5.45. The first-order valence-electron chi connectivity index (χ1n) is 8.52. The number of ether oxygens (including phenoxy) is 1. The fourth-order valence-corrected chi connectivity index (χ4v) is 2.92. The number of H-pyrrole nitrogens is 1. The molecule has 26 heavy (non-hydrogen) atoms. The van der Waals surface area contributed by atoms with Gasteiger partial charge in [-0.25, -0.2) is 4.68 Å². The van der Waals surface area contributed by atoms with E-state index in [1.165, 1.54) is 0 Å². The minimum absolute atomic E-state index is 0.487. The molecule has 7 heteroatoms. The lowest BCUT2D eigenvalue weighted by molar-refractivity contribution is 0.303. The molecule has 0 aliphatic heterocycles. The van der Waals surface area contributed by atoms with Gasteiger partial charge in [-0.15, -0.1) is 0 Å². The monoisotopic (exact) mass is 388 g/mol.